The normalized spacial score (nSPS) is 36.5. The van der Waals surface area contributed by atoms with Crippen LogP contribution in [0.1, 0.15) is 58.3 Å². The van der Waals surface area contributed by atoms with E-state index < -0.39 is 5.60 Å². The molecule has 0 aromatic heterocycles. The Kier molecular flexibility index (Phi) is 5.77. The molecule has 0 aromatic carbocycles. The van der Waals surface area contributed by atoms with Crippen molar-refractivity contribution in [3.05, 3.63) is 0 Å². The molecule has 128 valence electrons. The van der Waals surface area contributed by atoms with Crippen LogP contribution in [-0.4, -0.2) is 60.7 Å². The maximum atomic E-state index is 10.8. The van der Waals surface area contributed by atoms with Gasteiger partial charge in [0.1, 0.15) is 0 Å². The van der Waals surface area contributed by atoms with E-state index in [1.807, 2.05) is 0 Å². The van der Waals surface area contributed by atoms with Crippen LogP contribution in [0.5, 0.6) is 0 Å². The average molecular weight is 311 g/mol. The third kappa shape index (κ3) is 4.67. The molecule has 3 aliphatic rings. The van der Waals surface area contributed by atoms with Gasteiger partial charge in [-0.1, -0.05) is 6.92 Å². The van der Waals surface area contributed by atoms with Crippen molar-refractivity contribution in [1.29, 1.82) is 0 Å². The monoisotopic (exact) mass is 311 g/mol. The number of piperidine rings is 1. The smallest absolute Gasteiger partial charge is 0.0774 e. The quantitative estimate of drug-likeness (QED) is 0.866. The highest BCUT2D eigenvalue weighted by Crippen LogP contribution is 2.33. The zero-order chi connectivity index (χ0) is 15.4. The van der Waals surface area contributed by atoms with Crippen molar-refractivity contribution < 1.29 is 14.6 Å². The van der Waals surface area contributed by atoms with Crippen LogP contribution in [0.25, 0.3) is 0 Å². The fourth-order valence-electron chi connectivity index (χ4n) is 4.16. The molecule has 22 heavy (non-hydrogen) atoms. The molecule has 2 saturated heterocycles. The molecule has 0 atom stereocenters. The van der Waals surface area contributed by atoms with Crippen LogP contribution in [0.2, 0.25) is 0 Å². The summed E-state index contributed by atoms with van der Waals surface area (Å²) in [6, 6.07) is 0. The topological polar surface area (TPSA) is 41.9 Å². The molecule has 0 unspecified atom stereocenters. The first-order chi connectivity index (χ1) is 10.6. The van der Waals surface area contributed by atoms with E-state index in [9.17, 15) is 5.11 Å². The molecule has 3 fully saturated rings. The molecule has 4 heteroatoms. The largest absolute Gasteiger partial charge is 0.389 e. The van der Waals surface area contributed by atoms with E-state index in [-0.39, 0.29) is 0 Å². The Bertz CT molecular complexity index is 327. The summed E-state index contributed by atoms with van der Waals surface area (Å²) in [6.45, 7) is 7.03. The number of rotatable bonds is 4. The van der Waals surface area contributed by atoms with Gasteiger partial charge in [0, 0.05) is 32.8 Å². The van der Waals surface area contributed by atoms with Gasteiger partial charge < -0.3 is 19.5 Å². The van der Waals surface area contributed by atoms with E-state index in [4.69, 9.17) is 9.47 Å². The average Bonchev–Trinajstić information content (AvgIpc) is 2.54. The van der Waals surface area contributed by atoms with E-state index >= 15 is 0 Å². The second-order valence-corrected chi connectivity index (χ2v) is 7.83. The van der Waals surface area contributed by atoms with Crippen molar-refractivity contribution in [1.82, 2.24) is 4.90 Å². The summed E-state index contributed by atoms with van der Waals surface area (Å²) in [5, 5.41) is 10.8. The molecule has 1 N–H and O–H groups in total. The number of nitrogens with zero attached hydrogens (tertiary/aromatic N) is 1. The summed E-state index contributed by atoms with van der Waals surface area (Å²) in [7, 11) is 0. The molecule has 0 amide bonds. The molecule has 0 bridgehead atoms. The maximum Gasteiger partial charge on any atom is 0.0774 e. The molecule has 3 rings (SSSR count). The number of aliphatic hydroxyl groups is 1. The lowest BCUT2D eigenvalue weighted by Crippen LogP contribution is -2.49. The third-order valence-electron chi connectivity index (χ3n) is 5.81. The number of likely N-dealkylation sites (tertiary alicyclic amines) is 1. The van der Waals surface area contributed by atoms with Gasteiger partial charge in [-0.3, -0.25) is 0 Å². The maximum absolute atomic E-state index is 10.8. The first-order valence-electron chi connectivity index (χ1n) is 9.31. The van der Waals surface area contributed by atoms with Gasteiger partial charge in [0.05, 0.1) is 17.8 Å². The fourth-order valence-corrected chi connectivity index (χ4v) is 4.16. The van der Waals surface area contributed by atoms with Gasteiger partial charge in [0.2, 0.25) is 0 Å². The van der Waals surface area contributed by atoms with E-state index in [0.29, 0.717) is 12.2 Å². The second-order valence-electron chi connectivity index (χ2n) is 7.83. The van der Waals surface area contributed by atoms with E-state index in [1.165, 1.54) is 12.8 Å². The predicted octanol–water partition coefficient (Wildman–Crippen LogP) is 2.59. The Balaban J connectivity index is 1.38. The summed E-state index contributed by atoms with van der Waals surface area (Å²) in [5.74, 6) is 0.791. The Morgan fingerprint density at radius 2 is 1.59 bits per heavy atom. The highest BCUT2D eigenvalue weighted by molar-refractivity contribution is 4.89. The number of hydrogen-bond acceptors (Lipinski definition) is 4. The van der Waals surface area contributed by atoms with Crippen molar-refractivity contribution in [2.24, 2.45) is 5.92 Å². The summed E-state index contributed by atoms with van der Waals surface area (Å²) in [5.41, 5.74) is -0.430. The Morgan fingerprint density at radius 1 is 1.00 bits per heavy atom. The van der Waals surface area contributed by atoms with E-state index in [0.717, 1.165) is 77.3 Å². The molecule has 0 radical (unpaired) electrons. The van der Waals surface area contributed by atoms with Gasteiger partial charge in [-0.05, 0) is 57.3 Å². The molecule has 0 aromatic rings. The van der Waals surface area contributed by atoms with Crippen LogP contribution in [0.15, 0.2) is 0 Å². The second kappa shape index (κ2) is 7.61. The molecule has 2 aliphatic heterocycles. The minimum absolute atomic E-state index is 0.411. The van der Waals surface area contributed by atoms with Gasteiger partial charge in [-0.25, -0.2) is 0 Å². The van der Waals surface area contributed by atoms with Crippen molar-refractivity contribution in [2.75, 3.05) is 32.8 Å². The Labute approximate surface area is 135 Å². The van der Waals surface area contributed by atoms with Crippen LogP contribution in [0, 0.1) is 5.92 Å². The summed E-state index contributed by atoms with van der Waals surface area (Å²) < 4.78 is 11.6. The standard InChI is InChI=1S/C18H33NO3/c1-15-2-8-18(20,9-3-15)14-19-10-4-16(5-11-19)22-17-6-12-21-13-7-17/h15-17,20H,2-14H2,1H3. The minimum Gasteiger partial charge on any atom is -0.389 e. The van der Waals surface area contributed by atoms with Gasteiger partial charge in [0.25, 0.3) is 0 Å². The lowest BCUT2D eigenvalue weighted by Gasteiger charge is -2.41. The van der Waals surface area contributed by atoms with Gasteiger partial charge >= 0.3 is 0 Å². The van der Waals surface area contributed by atoms with Gasteiger partial charge in [-0.2, -0.15) is 0 Å². The number of hydrogen-bond donors (Lipinski definition) is 1. The van der Waals surface area contributed by atoms with Crippen LogP contribution in [0.3, 0.4) is 0 Å². The zero-order valence-corrected chi connectivity index (χ0v) is 14.1. The van der Waals surface area contributed by atoms with Gasteiger partial charge in [-0.15, -0.1) is 0 Å². The molecular formula is C18H33NO3. The molecule has 1 saturated carbocycles. The molecule has 2 heterocycles. The molecule has 0 spiro atoms. The first kappa shape index (κ1) is 16.7. The van der Waals surface area contributed by atoms with E-state index in [1.54, 1.807) is 0 Å². The molecular weight excluding hydrogens is 278 g/mol. The van der Waals surface area contributed by atoms with Crippen LogP contribution in [-0.2, 0) is 9.47 Å². The summed E-state index contributed by atoms with van der Waals surface area (Å²) in [4.78, 5) is 2.46. The van der Waals surface area contributed by atoms with Crippen molar-refractivity contribution in [3.63, 3.8) is 0 Å². The predicted molar refractivity (Wildman–Crippen MR) is 87.0 cm³/mol. The summed E-state index contributed by atoms with van der Waals surface area (Å²) >= 11 is 0. The highest BCUT2D eigenvalue weighted by Gasteiger charge is 2.35. The van der Waals surface area contributed by atoms with Crippen molar-refractivity contribution >= 4 is 0 Å². The molecule has 1 aliphatic carbocycles. The Morgan fingerprint density at radius 3 is 2.23 bits per heavy atom. The highest BCUT2D eigenvalue weighted by atomic mass is 16.5. The lowest BCUT2D eigenvalue weighted by molar-refractivity contribution is -0.0940. The van der Waals surface area contributed by atoms with Crippen molar-refractivity contribution in [3.8, 4) is 0 Å². The third-order valence-corrected chi connectivity index (χ3v) is 5.81. The van der Waals surface area contributed by atoms with Crippen molar-refractivity contribution in [2.45, 2.75) is 76.1 Å². The summed E-state index contributed by atoms with van der Waals surface area (Å²) in [6.07, 6.45) is 9.48. The minimum atomic E-state index is -0.430. The fraction of sp³-hybridized carbons (Fsp3) is 1.00. The number of β-amino-alcohol motifs (C(OH)–C–C–N with tert-alkyl or cyclic N) is 1. The van der Waals surface area contributed by atoms with E-state index in [2.05, 4.69) is 11.8 Å². The SMILES string of the molecule is CC1CCC(O)(CN2CCC(OC3CCOCC3)CC2)CC1. The lowest BCUT2D eigenvalue weighted by atomic mass is 9.79. The van der Waals surface area contributed by atoms with Gasteiger partial charge in [0.15, 0.2) is 0 Å². The van der Waals surface area contributed by atoms with Crippen LogP contribution in [0.4, 0.5) is 0 Å². The zero-order valence-electron chi connectivity index (χ0n) is 14.1. The van der Waals surface area contributed by atoms with Crippen LogP contribution < -0.4 is 0 Å². The molecule has 4 nitrogen and oxygen atoms in total. The Hall–Kier alpha value is -0.160. The first-order valence-corrected chi connectivity index (χ1v) is 9.31. The number of ether oxygens (including phenoxy) is 2. The van der Waals surface area contributed by atoms with Crippen LogP contribution >= 0.6 is 0 Å².